The Morgan fingerprint density at radius 3 is 2.11 bits per heavy atom. The molecule has 0 aliphatic carbocycles. The Bertz CT molecular complexity index is 78.6. The second-order valence-electron chi connectivity index (χ2n) is 1.94. The summed E-state index contributed by atoms with van der Waals surface area (Å²) in [6.45, 7) is 7.08. The first-order chi connectivity index (χ1) is 4.35. The average molecular weight is 128 g/mol. The SMILES string of the molecule is CCOC=C(CC)CC. The van der Waals surface area contributed by atoms with Crippen LogP contribution < -0.4 is 0 Å². The summed E-state index contributed by atoms with van der Waals surface area (Å²) in [5, 5.41) is 0. The summed E-state index contributed by atoms with van der Waals surface area (Å²) < 4.78 is 5.12. The van der Waals surface area contributed by atoms with Crippen molar-refractivity contribution in [2.24, 2.45) is 0 Å². The molecule has 0 N–H and O–H groups in total. The smallest absolute Gasteiger partial charge is 0.0845 e. The molecule has 54 valence electrons. The van der Waals surface area contributed by atoms with Crippen LogP contribution in [0.4, 0.5) is 0 Å². The van der Waals surface area contributed by atoms with Crippen LogP contribution in [0.5, 0.6) is 0 Å². The van der Waals surface area contributed by atoms with Gasteiger partial charge in [0.25, 0.3) is 0 Å². The van der Waals surface area contributed by atoms with E-state index in [4.69, 9.17) is 4.74 Å². The van der Waals surface area contributed by atoms with Gasteiger partial charge in [-0.2, -0.15) is 0 Å². The fourth-order valence-corrected chi connectivity index (χ4v) is 0.618. The predicted molar refractivity (Wildman–Crippen MR) is 40.3 cm³/mol. The van der Waals surface area contributed by atoms with Crippen LogP contribution in [0.15, 0.2) is 11.8 Å². The van der Waals surface area contributed by atoms with Crippen molar-refractivity contribution < 1.29 is 4.74 Å². The van der Waals surface area contributed by atoms with E-state index < -0.39 is 0 Å². The summed E-state index contributed by atoms with van der Waals surface area (Å²) in [5.41, 5.74) is 1.39. The van der Waals surface area contributed by atoms with Crippen LogP contribution in [0.25, 0.3) is 0 Å². The molecule has 0 aliphatic rings. The largest absolute Gasteiger partial charge is 0.502 e. The van der Waals surface area contributed by atoms with Gasteiger partial charge in [-0.3, -0.25) is 0 Å². The quantitative estimate of drug-likeness (QED) is 0.529. The monoisotopic (exact) mass is 128 g/mol. The summed E-state index contributed by atoms with van der Waals surface area (Å²) in [5.74, 6) is 0. The van der Waals surface area contributed by atoms with Crippen molar-refractivity contribution in [3.8, 4) is 0 Å². The zero-order valence-electron chi connectivity index (χ0n) is 6.61. The molecule has 0 aromatic heterocycles. The molecular formula is C8H16O. The number of ether oxygens (including phenoxy) is 1. The van der Waals surface area contributed by atoms with E-state index in [-0.39, 0.29) is 0 Å². The van der Waals surface area contributed by atoms with Crippen LogP contribution in [0.3, 0.4) is 0 Å². The Hall–Kier alpha value is -0.460. The Morgan fingerprint density at radius 1 is 1.22 bits per heavy atom. The lowest BCUT2D eigenvalue weighted by molar-refractivity contribution is 0.264. The minimum atomic E-state index is 0.781. The van der Waals surface area contributed by atoms with Crippen LogP contribution in [0.2, 0.25) is 0 Å². The fourth-order valence-electron chi connectivity index (χ4n) is 0.618. The molecule has 0 aromatic carbocycles. The minimum absolute atomic E-state index is 0.781. The minimum Gasteiger partial charge on any atom is -0.502 e. The van der Waals surface area contributed by atoms with Crippen molar-refractivity contribution in [2.45, 2.75) is 33.6 Å². The maximum Gasteiger partial charge on any atom is 0.0845 e. The lowest BCUT2D eigenvalue weighted by Crippen LogP contribution is -1.82. The van der Waals surface area contributed by atoms with Crippen molar-refractivity contribution in [2.75, 3.05) is 6.61 Å². The third-order valence-corrected chi connectivity index (χ3v) is 1.32. The average Bonchev–Trinajstić information content (AvgIpc) is 1.91. The van der Waals surface area contributed by atoms with Crippen molar-refractivity contribution in [3.63, 3.8) is 0 Å². The third kappa shape index (κ3) is 4.07. The Kier molecular flexibility index (Phi) is 5.38. The maximum absolute atomic E-state index is 5.12. The van der Waals surface area contributed by atoms with E-state index in [0.717, 1.165) is 19.4 Å². The maximum atomic E-state index is 5.12. The zero-order valence-corrected chi connectivity index (χ0v) is 6.61. The first-order valence-electron chi connectivity index (χ1n) is 3.64. The normalized spacial score (nSPS) is 8.78. The van der Waals surface area contributed by atoms with E-state index in [0.29, 0.717) is 0 Å². The first-order valence-corrected chi connectivity index (χ1v) is 3.64. The standard InChI is InChI=1S/C8H16O/c1-4-8(5-2)7-9-6-3/h7H,4-6H2,1-3H3. The molecule has 1 nitrogen and oxygen atoms in total. The Labute approximate surface area is 57.7 Å². The lowest BCUT2D eigenvalue weighted by atomic mass is 10.2. The molecule has 0 amide bonds. The molecule has 0 aromatic rings. The molecule has 0 aliphatic heterocycles. The molecule has 0 fully saturated rings. The highest BCUT2D eigenvalue weighted by atomic mass is 16.5. The lowest BCUT2D eigenvalue weighted by Gasteiger charge is -1.99. The van der Waals surface area contributed by atoms with Crippen LogP contribution in [0.1, 0.15) is 33.6 Å². The van der Waals surface area contributed by atoms with Crippen LogP contribution in [-0.2, 0) is 4.74 Å². The van der Waals surface area contributed by atoms with Crippen molar-refractivity contribution >= 4 is 0 Å². The topological polar surface area (TPSA) is 9.23 Å². The fraction of sp³-hybridized carbons (Fsp3) is 0.750. The van der Waals surface area contributed by atoms with Crippen LogP contribution in [-0.4, -0.2) is 6.61 Å². The summed E-state index contributed by atoms with van der Waals surface area (Å²) in [6, 6.07) is 0. The van der Waals surface area contributed by atoms with Gasteiger partial charge in [0.1, 0.15) is 0 Å². The number of rotatable bonds is 4. The number of hydrogen-bond acceptors (Lipinski definition) is 1. The van der Waals surface area contributed by atoms with Gasteiger partial charge in [0, 0.05) is 0 Å². The molecule has 1 heteroatoms. The molecule has 9 heavy (non-hydrogen) atoms. The molecule has 0 spiro atoms. The highest BCUT2D eigenvalue weighted by molar-refractivity contribution is 4.95. The van der Waals surface area contributed by atoms with E-state index >= 15 is 0 Å². The van der Waals surface area contributed by atoms with Gasteiger partial charge in [0.15, 0.2) is 0 Å². The first kappa shape index (κ1) is 8.54. The summed E-state index contributed by atoms with van der Waals surface area (Å²) in [6.07, 6.45) is 4.09. The molecule has 0 rings (SSSR count). The Morgan fingerprint density at radius 2 is 1.78 bits per heavy atom. The second-order valence-corrected chi connectivity index (χ2v) is 1.94. The van der Waals surface area contributed by atoms with Gasteiger partial charge in [-0.15, -0.1) is 0 Å². The van der Waals surface area contributed by atoms with E-state index in [1.807, 2.05) is 13.2 Å². The van der Waals surface area contributed by atoms with Crippen molar-refractivity contribution in [1.82, 2.24) is 0 Å². The highest BCUT2D eigenvalue weighted by Gasteiger charge is 1.87. The molecule has 0 heterocycles. The van der Waals surface area contributed by atoms with Gasteiger partial charge in [-0.1, -0.05) is 13.8 Å². The molecule has 0 radical (unpaired) electrons. The summed E-state index contributed by atoms with van der Waals surface area (Å²) in [4.78, 5) is 0. The summed E-state index contributed by atoms with van der Waals surface area (Å²) in [7, 11) is 0. The molecule has 0 bridgehead atoms. The van der Waals surface area contributed by atoms with Gasteiger partial charge < -0.3 is 4.74 Å². The van der Waals surface area contributed by atoms with E-state index in [9.17, 15) is 0 Å². The van der Waals surface area contributed by atoms with Gasteiger partial charge >= 0.3 is 0 Å². The van der Waals surface area contributed by atoms with Gasteiger partial charge in [-0.05, 0) is 25.3 Å². The zero-order chi connectivity index (χ0) is 7.11. The number of allylic oxidation sites excluding steroid dienone is 1. The number of hydrogen-bond donors (Lipinski definition) is 0. The van der Waals surface area contributed by atoms with Crippen molar-refractivity contribution in [1.29, 1.82) is 0 Å². The van der Waals surface area contributed by atoms with Crippen molar-refractivity contribution in [3.05, 3.63) is 11.8 Å². The molecular weight excluding hydrogens is 112 g/mol. The molecule has 0 saturated carbocycles. The summed E-state index contributed by atoms with van der Waals surface area (Å²) >= 11 is 0. The van der Waals surface area contributed by atoms with Gasteiger partial charge in [-0.25, -0.2) is 0 Å². The van der Waals surface area contributed by atoms with Crippen LogP contribution >= 0.6 is 0 Å². The molecule has 0 atom stereocenters. The Balaban J connectivity index is 3.48. The van der Waals surface area contributed by atoms with E-state index in [1.54, 1.807) is 0 Å². The highest BCUT2D eigenvalue weighted by Crippen LogP contribution is 2.04. The van der Waals surface area contributed by atoms with Gasteiger partial charge in [0.05, 0.1) is 12.9 Å². The van der Waals surface area contributed by atoms with Crippen LogP contribution in [0, 0.1) is 0 Å². The second kappa shape index (κ2) is 5.67. The van der Waals surface area contributed by atoms with Gasteiger partial charge in [0.2, 0.25) is 0 Å². The van der Waals surface area contributed by atoms with E-state index in [2.05, 4.69) is 13.8 Å². The predicted octanol–water partition coefficient (Wildman–Crippen LogP) is 2.73. The third-order valence-electron chi connectivity index (χ3n) is 1.32. The molecule has 0 unspecified atom stereocenters. The van der Waals surface area contributed by atoms with E-state index in [1.165, 1.54) is 5.57 Å². The molecule has 0 saturated heterocycles.